The Morgan fingerprint density at radius 1 is 1.00 bits per heavy atom. The van der Waals surface area contributed by atoms with E-state index in [0.717, 1.165) is 0 Å². The Morgan fingerprint density at radius 2 is 1.35 bits per heavy atom. The van der Waals surface area contributed by atoms with Crippen molar-refractivity contribution in [3.05, 3.63) is 43.8 Å². The van der Waals surface area contributed by atoms with Crippen LogP contribution in [0.15, 0.2) is 23.8 Å². The van der Waals surface area contributed by atoms with Crippen molar-refractivity contribution >= 4 is 8.07 Å². The molecule has 0 aromatic heterocycles. The third-order valence-corrected chi connectivity index (χ3v) is 2.01. The van der Waals surface area contributed by atoms with Crippen molar-refractivity contribution in [3.8, 4) is 11.5 Å². The molecule has 0 unspecified atom stereocenters. The van der Waals surface area contributed by atoms with E-state index in [1.807, 2.05) is 18.2 Å². The SMILES string of the molecule is C[Si](C)(C)C#CC1=CC=C1.[C-]#[O+].[C-]#[O+].[C-]#[O+].[Fe]. The Balaban J connectivity index is -0.000000106. The average Bonchev–Trinajstić information content (AvgIpc) is 2.23. The van der Waals surface area contributed by atoms with Crippen molar-refractivity contribution in [1.82, 2.24) is 0 Å². The average molecular weight is 288 g/mol. The molecular weight excluding hydrogens is 276 g/mol. The minimum atomic E-state index is -1.14. The molecule has 0 atom stereocenters. The van der Waals surface area contributed by atoms with Crippen LogP contribution in [0.5, 0.6) is 0 Å². The van der Waals surface area contributed by atoms with Crippen LogP contribution < -0.4 is 0 Å². The van der Waals surface area contributed by atoms with Crippen LogP contribution in [0.1, 0.15) is 0 Å². The van der Waals surface area contributed by atoms with Gasteiger partial charge in [0.05, 0.1) is 0 Å². The number of hydrogen-bond donors (Lipinski definition) is 0. The summed E-state index contributed by atoms with van der Waals surface area (Å²) < 4.78 is 22.5. The molecule has 5 heteroatoms. The van der Waals surface area contributed by atoms with Gasteiger partial charge in [-0.1, -0.05) is 31.6 Å². The first-order chi connectivity index (χ1) is 7.58. The summed E-state index contributed by atoms with van der Waals surface area (Å²) in [5, 5.41) is 0. The summed E-state index contributed by atoms with van der Waals surface area (Å²) in [5.41, 5.74) is 4.48. The first kappa shape index (κ1) is 25.0. The second-order valence-corrected chi connectivity index (χ2v) is 8.23. The van der Waals surface area contributed by atoms with Crippen molar-refractivity contribution in [3.63, 3.8) is 0 Å². The van der Waals surface area contributed by atoms with Gasteiger partial charge < -0.3 is 0 Å². The number of hydrogen-bond acceptors (Lipinski definition) is 0. The van der Waals surface area contributed by atoms with Gasteiger partial charge in [0.2, 0.25) is 0 Å². The van der Waals surface area contributed by atoms with Gasteiger partial charge in [0.1, 0.15) is 8.07 Å². The van der Waals surface area contributed by atoms with Gasteiger partial charge >= 0.3 is 33.9 Å². The molecule has 0 spiro atoms. The predicted octanol–water partition coefficient (Wildman–Crippen LogP) is 2.25. The third kappa shape index (κ3) is 20.9. The number of allylic oxidation sites excluding steroid dienone is 4. The van der Waals surface area contributed by atoms with Crippen LogP contribution in [0.3, 0.4) is 0 Å². The quantitative estimate of drug-likeness (QED) is 0.284. The van der Waals surface area contributed by atoms with Gasteiger partial charge in [-0.25, -0.2) is 0 Å². The summed E-state index contributed by atoms with van der Waals surface area (Å²) in [5.74, 6) is 3.15. The fraction of sp³-hybridized carbons (Fsp3) is 0.250. The first-order valence-electron chi connectivity index (χ1n) is 4.11. The molecule has 0 bridgehead atoms. The fourth-order valence-corrected chi connectivity index (χ4v) is 1.05. The molecule has 0 N–H and O–H groups in total. The molecule has 1 aliphatic carbocycles. The summed E-state index contributed by atoms with van der Waals surface area (Å²) >= 11 is 0. The number of rotatable bonds is 0. The summed E-state index contributed by atoms with van der Waals surface area (Å²) in [6, 6.07) is 0. The molecule has 0 aromatic carbocycles. The Hall–Kier alpha value is -1.00. The first-order valence-corrected chi connectivity index (χ1v) is 7.61. The molecule has 0 amide bonds. The zero-order valence-electron chi connectivity index (χ0n) is 9.81. The van der Waals surface area contributed by atoms with E-state index in [0.29, 0.717) is 0 Å². The van der Waals surface area contributed by atoms with Crippen molar-refractivity contribution in [2.75, 3.05) is 0 Å². The standard InChI is InChI=1S/C9H12Si.3CO.Fe/c1-10(2,3)8-7-9-5-4-6-9;3*1-2;/h4-6H,1-3H3;;;;. The van der Waals surface area contributed by atoms with Crippen LogP contribution in [0.2, 0.25) is 19.6 Å². The van der Waals surface area contributed by atoms with E-state index in [9.17, 15) is 0 Å². The van der Waals surface area contributed by atoms with Gasteiger partial charge in [0.15, 0.2) is 0 Å². The molecule has 0 saturated heterocycles. The van der Waals surface area contributed by atoms with Gasteiger partial charge in [-0.2, -0.15) is 0 Å². The zero-order valence-corrected chi connectivity index (χ0v) is 11.9. The molecular formula is C12H12FeO3Si. The maximum absolute atomic E-state index is 7.50. The van der Waals surface area contributed by atoms with E-state index in [4.69, 9.17) is 14.0 Å². The molecule has 0 radical (unpaired) electrons. The minimum Gasteiger partial charge on any atom is 0 e. The van der Waals surface area contributed by atoms with Crippen molar-refractivity contribution in [1.29, 1.82) is 0 Å². The summed E-state index contributed by atoms with van der Waals surface area (Å²) in [4.78, 5) is 0. The molecule has 0 saturated carbocycles. The van der Waals surface area contributed by atoms with E-state index in [2.05, 4.69) is 51.1 Å². The Morgan fingerprint density at radius 3 is 1.53 bits per heavy atom. The van der Waals surface area contributed by atoms with E-state index in [-0.39, 0.29) is 17.1 Å². The topological polar surface area (TPSA) is 59.7 Å². The maximum atomic E-state index is 7.50. The normalized spacial score (nSPS) is 9.12. The molecule has 0 fully saturated rings. The molecule has 1 aliphatic rings. The molecule has 90 valence electrons. The largest absolute Gasteiger partial charge is 0 e. The maximum Gasteiger partial charge on any atom is 0 e. The summed E-state index contributed by atoms with van der Waals surface area (Å²) in [7, 11) is -1.14. The van der Waals surface area contributed by atoms with E-state index >= 15 is 0 Å². The molecule has 0 heterocycles. The zero-order chi connectivity index (χ0) is 13.6. The molecule has 0 aromatic rings. The van der Waals surface area contributed by atoms with Crippen molar-refractivity contribution < 1.29 is 31.0 Å². The minimum absolute atomic E-state index is 0. The predicted molar refractivity (Wildman–Crippen MR) is 60.1 cm³/mol. The molecule has 17 heavy (non-hydrogen) atoms. The van der Waals surface area contributed by atoms with Crippen LogP contribution in [-0.4, -0.2) is 8.07 Å². The molecule has 0 aliphatic heterocycles. The fourth-order valence-electron chi connectivity index (χ4n) is 0.535. The molecule has 3 nitrogen and oxygen atoms in total. The van der Waals surface area contributed by atoms with E-state index in [1.165, 1.54) is 5.57 Å². The van der Waals surface area contributed by atoms with Gasteiger partial charge in [-0.15, -0.1) is 5.54 Å². The molecule has 1 rings (SSSR count). The summed E-state index contributed by atoms with van der Waals surface area (Å²) in [6.45, 7) is 20.3. The van der Waals surface area contributed by atoms with Gasteiger partial charge in [-0.05, 0) is 12.2 Å². The van der Waals surface area contributed by atoms with Gasteiger partial charge in [-0.3, -0.25) is 0 Å². The Kier molecular flexibility index (Phi) is 25.6. The van der Waals surface area contributed by atoms with Crippen LogP contribution >= 0.6 is 0 Å². The van der Waals surface area contributed by atoms with Crippen molar-refractivity contribution in [2.24, 2.45) is 0 Å². The van der Waals surface area contributed by atoms with E-state index in [1.54, 1.807) is 0 Å². The van der Waals surface area contributed by atoms with Crippen molar-refractivity contribution in [2.45, 2.75) is 19.6 Å². The Labute approximate surface area is 114 Å². The Bertz CT molecular complexity index is 345. The second kappa shape index (κ2) is 17.4. The summed E-state index contributed by atoms with van der Waals surface area (Å²) in [6.07, 6.45) is 6.12. The van der Waals surface area contributed by atoms with Crippen LogP contribution in [-0.2, 0) is 31.0 Å². The third-order valence-electron chi connectivity index (χ3n) is 1.13. The van der Waals surface area contributed by atoms with Crippen LogP contribution in [0.4, 0.5) is 0 Å². The second-order valence-electron chi connectivity index (χ2n) is 3.48. The van der Waals surface area contributed by atoms with Crippen LogP contribution in [0, 0.1) is 31.4 Å². The van der Waals surface area contributed by atoms with Gasteiger partial charge in [0, 0.05) is 22.6 Å². The smallest absolute Gasteiger partial charge is 0 e. The van der Waals surface area contributed by atoms with Gasteiger partial charge in [0.25, 0.3) is 0 Å². The van der Waals surface area contributed by atoms with Crippen LogP contribution in [0.25, 0.3) is 0 Å². The van der Waals surface area contributed by atoms with E-state index < -0.39 is 8.07 Å². The monoisotopic (exact) mass is 288 g/mol.